The number of hydrogen-bond donors (Lipinski definition) is 0. The molecule has 0 aliphatic carbocycles. The van der Waals surface area contributed by atoms with E-state index in [1.54, 1.807) is 0 Å². The van der Waals surface area contributed by atoms with Crippen molar-refractivity contribution < 1.29 is 4.74 Å². The molecule has 0 N–H and O–H groups in total. The normalized spacial score (nSPS) is 12.1. The number of aromatic nitrogens is 2. The second kappa shape index (κ2) is 8.27. The summed E-state index contributed by atoms with van der Waals surface area (Å²) in [5, 5.41) is 1.03. The van der Waals surface area contributed by atoms with Gasteiger partial charge in [0, 0.05) is 28.9 Å². The van der Waals surface area contributed by atoms with Crippen LogP contribution in [0, 0.1) is 0 Å². The molecule has 3 rings (SSSR count). The van der Waals surface area contributed by atoms with E-state index in [4.69, 9.17) is 16.3 Å². The maximum atomic E-state index is 5.99. The van der Waals surface area contributed by atoms with Gasteiger partial charge in [-0.1, -0.05) is 23.7 Å². The van der Waals surface area contributed by atoms with Gasteiger partial charge < -0.3 is 9.30 Å². The zero-order valence-electron chi connectivity index (χ0n) is 13.4. The summed E-state index contributed by atoms with van der Waals surface area (Å²) in [6.45, 7) is 3.52. The van der Waals surface area contributed by atoms with Crippen molar-refractivity contribution in [3.8, 4) is 5.75 Å². The molecule has 3 nitrogen and oxygen atoms in total. The monoisotopic (exact) mass is 358 g/mol. The van der Waals surface area contributed by atoms with Crippen molar-refractivity contribution in [2.45, 2.75) is 23.6 Å². The van der Waals surface area contributed by atoms with Crippen LogP contribution in [0.1, 0.15) is 17.7 Å². The first-order valence-electron chi connectivity index (χ1n) is 7.85. The van der Waals surface area contributed by atoms with Crippen LogP contribution in [0.15, 0.2) is 72.1 Å². The van der Waals surface area contributed by atoms with Gasteiger partial charge in [-0.05, 0) is 48.9 Å². The van der Waals surface area contributed by atoms with Gasteiger partial charge in [0.2, 0.25) is 0 Å². The van der Waals surface area contributed by atoms with E-state index in [9.17, 15) is 0 Å². The fraction of sp³-hybridized carbons (Fsp3) is 0.211. The van der Waals surface area contributed by atoms with Crippen LogP contribution in [-0.2, 0) is 6.54 Å². The molecule has 0 saturated heterocycles. The lowest BCUT2D eigenvalue weighted by Gasteiger charge is -2.18. The van der Waals surface area contributed by atoms with Crippen LogP contribution in [0.2, 0.25) is 5.02 Å². The van der Waals surface area contributed by atoms with Gasteiger partial charge in [-0.3, -0.25) is 0 Å². The van der Waals surface area contributed by atoms with Crippen molar-refractivity contribution in [2.24, 2.45) is 0 Å². The van der Waals surface area contributed by atoms with Crippen LogP contribution >= 0.6 is 23.4 Å². The molecule has 0 amide bonds. The van der Waals surface area contributed by atoms with Crippen molar-refractivity contribution >= 4 is 23.4 Å². The number of hydrogen-bond acceptors (Lipinski definition) is 3. The van der Waals surface area contributed by atoms with Gasteiger partial charge in [-0.25, -0.2) is 4.98 Å². The molecule has 2 aromatic carbocycles. The van der Waals surface area contributed by atoms with Gasteiger partial charge in [-0.15, -0.1) is 11.8 Å². The first-order chi connectivity index (χ1) is 11.7. The Balaban J connectivity index is 1.81. The van der Waals surface area contributed by atoms with Gasteiger partial charge in [0.15, 0.2) is 0 Å². The van der Waals surface area contributed by atoms with Crippen molar-refractivity contribution in [3.05, 3.63) is 77.8 Å². The number of nitrogens with zero attached hydrogens (tertiary/aromatic N) is 2. The maximum absolute atomic E-state index is 5.99. The zero-order valence-corrected chi connectivity index (χ0v) is 15.0. The molecule has 0 aliphatic heterocycles. The smallest absolute Gasteiger partial charge is 0.119 e. The zero-order chi connectivity index (χ0) is 16.8. The molecule has 1 heterocycles. The third-order valence-corrected chi connectivity index (χ3v) is 5.09. The molecule has 24 heavy (non-hydrogen) atoms. The predicted octanol–water partition coefficient (Wildman–Crippen LogP) is 5.47. The highest BCUT2D eigenvalue weighted by Crippen LogP contribution is 2.37. The lowest BCUT2D eigenvalue weighted by atomic mass is 10.1. The summed E-state index contributed by atoms with van der Waals surface area (Å²) >= 11 is 7.81. The molecular weight excluding hydrogens is 340 g/mol. The van der Waals surface area contributed by atoms with E-state index < -0.39 is 0 Å². The maximum Gasteiger partial charge on any atom is 0.119 e. The summed E-state index contributed by atoms with van der Waals surface area (Å²) in [7, 11) is 0. The van der Waals surface area contributed by atoms with Gasteiger partial charge in [0.25, 0.3) is 0 Å². The van der Waals surface area contributed by atoms with E-state index in [-0.39, 0.29) is 5.25 Å². The number of rotatable bonds is 7. The Morgan fingerprint density at radius 3 is 2.50 bits per heavy atom. The topological polar surface area (TPSA) is 27.1 Å². The number of thioether (sulfide) groups is 1. The Morgan fingerprint density at radius 1 is 1.12 bits per heavy atom. The van der Waals surface area contributed by atoms with E-state index in [0.29, 0.717) is 6.61 Å². The fourth-order valence-electron chi connectivity index (χ4n) is 2.42. The Labute approximate surface area is 151 Å². The second-order valence-electron chi connectivity index (χ2n) is 5.32. The van der Waals surface area contributed by atoms with E-state index in [1.165, 1.54) is 10.5 Å². The largest absolute Gasteiger partial charge is 0.494 e. The van der Waals surface area contributed by atoms with E-state index in [0.717, 1.165) is 17.3 Å². The molecule has 0 fully saturated rings. The van der Waals surface area contributed by atoms with Crippen LogP contribution in [0.3, 0.4) is 0 Å². The number of ether oxygens (including phenoxy) is 1. The average molecular weight is 359 g/mol. The predicted molar refractivity (Wildman–Crippen MR) is 99.9 cm³/mol. The number of imidazole rings is 1. The Morgan fingerprint density at radius 2 is 1.88 bits per heavy atom. The van der Waals surface area contributed by atoms with E-state index >= 15 is 0 Å². The lowest BCUT2D eigenvalue weighted by molar-refractivity contribution is 0.340. The molecule has 0 aliphatic rings. The van der Waals surface area contributed by atoms with Crippen LogP contribution in [0.5, 0.6) is 5.75 Å². The molecule has 3 aromatic rings. The Hall–Kier alpha value is -1.91. The van der Waals surface area contributed by atoms with Gasteiger partial charge in [-0.2, -0.15) is 0 Å². The lowest BCUT2D eigenvalue weighted by Crippen LogP contribution is -2.05. The summed E-state index contributed by atoms with van der Waals surface area (Å²) in [6, 6.07) is 16.3. The molecular formula is C19H19ClN2OS. The van der Waals surface area contributed by atoms with E-state index in [2.05, 4.69) is 33.8 Å². The summed E-state index contributed by atoms with van der Waals surface area (Å²) in [5.41, 5.74) is 1.26. The summed E-state index contributed by atoms with van der Waals surface area (Å²) < 4.78 is 7.64. The van der Waals surface area contributed by atoms with Gasteiger partial charge in [0.05, 0.1) is 18.2 Å². The van der Waals surface area contributed by atoms with Crippen molar-refractivity contribution in [2.75, 3.05) is 6.61 Å². The quantitative estimate of drug-likeness (QED) is 0.524. The van der Waals surface area contributed by atoms with Crippen molar-refractivity contribution in [3.63, 3.8) is 0 Å². The van der Waals surface area contributed by atoms with Gasteiger partial charge in [0.1, 0.15) is 5.75 Å². The highest BCUT2D eigenvalue weighted by molar-refractivity contribution is 7.99. The van der Waals surface area contributed by atoms with Crippen molar-refractivity contribution in [1.29, 1.82) is 0 Å². The minimum absolute atomic E-state index is 0.274. The van der Waals surface area contributed by atoms with Crippen LogP contribution in [-0.4, -0.2) is 16.2 Å². The minimum atomic E-state index is 0.274. The molecule has 0 bridgehead atoms. The third kappa shape index (κ3) is 4.56. The molecule has 1 unspecified atom stereocenters. The van der Waals surface area contributed by atoms with Crippen LogP contribution < -0.4 is 4.74 Å². The molecule has 0 radical (unpaired) electrons. The molecule has 0 saturated carbocycles. The van der Waals surface area contributed by atoms with Crippen LogP contribution in [0.4, 0.5) is 0 Å². The standard InChI is InChI=1S/C19H19ClN2OS/c1-2-23-17-7-3-15(4-8-17)19(13-22-12-11-21-14-22)24-18-9-5-16(20)6-10-18/h3-12,14,19H,2,13H2,1H3. The first kappa shape index (κ1) is 16.9. The molecule has 0 spiro atoms. The van der Waals surface area contributed by atoms with E-state index in [1.807, 2.05) is 61.7 Å². The molecule has 5 heteroatoms. The summed E-state index contributed by atoms with van der Waals surface area (Å²) in [5.74, 6) is 0.902. The third-order valence-electron chi connectivity index (χ3n) is 3.59. The average Bonchev–Trinajstić information content (AvgIpc) is 3.10. The highest BCUT2D eigenvalue weighted by Gasteiger charge is 2.14. The highest BCUT2D eigenvalue weighted by atomic mass is 35.5. The number of halogens is 1. The minimum Gasteiger partial charge on any atom is -0.494 e. The van der Waals surface area contributed by atoms with Crippen molar-refractivity contribution in [1.82, 2.24) is 9.55 Å². The summed E-state index contributed by atoms with van der Waals surface area (Å²) in [6.07, 6.45) is 5.65. The molecule has 124 valence electrons. The first-order valence-corrected chi connectivity index (χ1v) is 9.11. The Bertz CT molecular complexity index is 742. The van der Waals surface area contributed by atoms with Crippen LogP contribution in [0.25, 0.3) is 0 Å². The SMILES string of the molecule is CCOc1ccc(C(Cn2ccnc2)Sc2ccc(Cl)cc2)cc1. The Kier molecular flexibility index (Phi) is 5.83. The summed E-state index contributed by atoms with van der Waals surface area (Å²) in [4.78, 5) is 5.34. The second-order valence-corrected chi connectivity index (χ2v) is 7.03. The fourth-order valence-corrected chi connectivity index (χ4v) is 3.71. The molecule has 1 aromatic heterocycles. The van der Waals surface area contributed by atoms with Gasteiger partial charge >= 0.3 is 0 Å². The molecule has 1 atom stereocenters. The number of benzene rings is 2.